The molecule has 4 heteroatoms. The third-order valence-electron chi connectivity index (χ3n) is 2.68. The summed E-state index contributed by atoms with van der Waals surface area (Å²) in [6.45, 7) is 1.99. The molecule has 0 fully saturated rings. The van der Waals surface area contributed by atoms with Crippen LogP contribution in [0.1, 0.15) is 24.8 Å². The van der Waals surface area contributed by atoms with E-state index >= 15 is 0 Å². The Hall–Kier alpha value is -0.770. The Labute approximate surface area is 101 Å². The van der Waals surface area contributed by atoms with Crippen molar-refractivity contribution in [2.75, 3.05) is 13.7 Å². The Balaban J connectivity index is 3.16. The maximum Gasteiger partial charge on any atom is 0.123 e. The highest BCUT2D eigenvalue weighted by atomic mass is 35.5. The lowest BCUT2D eigenvalue weighted by Crippen LogP contribution is -2.26. The molecule has 0 heterocycles. The van der Waals surface area contributed by atoms with Crippen LogP contribution >= 0.6 is 11.6 Å². The number of methoxy groups -OCH3 is 1. The standard InChI is InChI=1S/C12H18ClNO2/c1-8(14)9(6-7-15)12-10(13)4-3-5-11(12)16-2/h3-5,8-9,15H,6-7,14H2,1-2H3. The van der Waals surface area contributed by atoms with Crippen molar-refractivity contribution in [3.05, 3.63) is 28.8 Å². The van der Waals surface area contributed by atoms with Crippen molar-refractivity contribution in [3.63, 3.8) is 0 Å². The lowest BCUT2D eigenvalue weighted by Gasteiger charge is -2.23. The molecule has 0 saturated carbocycles. The normalized spacial score (nSPS) is 14.6. The number of rotatable bonds is 5. The molecule has 0 aliphatic rings. The molecule has 0 aliphatic heterocycles. The summed E-state index contributed by atoms with van der Waals surface area (Å²) >= 11 is 6.17. The summed E-state index contributed by atoms with van der Waals surface area (Å²) in [6, 6.07) is 5.42. The van der Waals surface area contributed by atoms with Gasteiger partial charge in [0.2, 0.25) is 0 Å². The van der Waals surface area contributed by atoms with E-state index in [-0.39, 0.29) is 18.6 Å². The largest absolute Gasteiger partial charge is 0.496 e. The summed E-state index contributed by atoms with van der Waals surface area (Å²) in [5.74, 6) is 0.733. The van der Waals surface area contributed by atoms with Gasteiger partial charge in [-0.2, -0.15) is 0 Å². The van der Waals surface area contributed by atoms with Crippen LogP contribution in [0.4, 0.5) is 0 Å². The molecular formula is C12H18ClNO2. The highest BCUT2D eigenvalue weighted by Gasteiger charge is 2.22. The van der Waals surface area contributed by atoms with Gasteiger partial charge in [-0.15, -0.1) is 0 Å². The number of aliphatic hydroxyl groups excluding tert-OH is 1. The first-order chi connectivity index (χ1) is 7.61. The number of halogens is 1. The third-order valence-corrected chi connectivity index (χ3v) is 3.01. The topological polar surface area (TPSA) is 55.5 Å². The fraction of sp³-hybridized carbons (Fsp3) is 0.500. The lowest BCUT2D eigenvalue weighted by molar-refractivity contribution is 0.267. The minimum absolute atomic E-state index is 0.00801. The number of aliphatic hydroxyl groups is 1. The lowest BCUT2D eigenvalue weighted by atomic mass is 9.89. The molecular weight excluding hydrogens is 226 g/mol. The van der Waals surface area contributed by atoms with Crippen molar-refractivity contribution >= 4 is 11.6 Å². The fourth-order valence-corrected chi connectivity index (χ4v) is 2.17. The summed E-state index contributed by atoms with van der Waals surface area (Å²) in [7, 11) is 1.60. The molecule has 2 unspecified atom stereocenters. The van der Waals surface area contributed by atoms with E-state index in [1.165, 1.54) is 0 Å². The molecule has 2 atom stereocenters. The summed E-state index contributed by atoms with van der Waals surface area (Å²) in [5.41, 5.74) is 6.81. The Kier molecular flexibility index (Phi) is 5.06. The summed E-state index contributed by atoms with van der Waals surface area (Å²) in [5, 5.41) is 9.70. The van der Waals surface area contributed by atoms with Crippen LogP contribution in [0, 0.1) is 0 Å². The first kappa shape index (κ1) is 13.3. The minimum Gasteiger partial charge on any atom is -0.496 e. The molecule has 1 rings (SSSR count). The van der Waals surface area contributed by atoms with E-state index in [1.54, 1.807) is 7.11 Å². The summed E-state index contributed by atoms with van der Waals surface area (Å²) < 4.78 is 5.28. The quantitative estimate of drug-likeness (QED) is 0.833. The molecule has 90 valence electrons. The van der Waals surface area contributed by atoms with Crippen LogP contribution in [0.5, 0.6) is 5.75 Å². The van der Waals surface area contributed by atoms with Crippen LogP contribution < -0.4 is 10.5 Å². The maximum atomic E-state index is 9.06. The summed E-state index contributed by atoms with van der Waals surface area (Å²) in [4.78, 5) is 0. The molecule has 0 saturated heterocycles. The second-order valence-electron chi connectivity index (χ2n) is 3.83. The highest BCUT2D eigenvalue weighted by Crippen LogP contribution is 2.36. The number of hydrogen-bond donors (Lipinski definition) is 2. The van der Waals surface area contributed by atoms with E-state index in [2.05, 4.69) is 0 Å². The molecule has 1 aromatic carbocycles. The predicted molar refractivity (Wildman–Crippen MR) is 66.1 cm³/mol. The predicted octanol–water partition coefficient (Wildman–Crippen LogP) is 2.16. The van der Waals surface area contributed by atoms with E-state index in [0.717, 1.165) is 11.3 Å². The molecule has 0 bridgehead atoms. The van der Waals surface area contributed by atoms with Crippen molar-refractivity contribution in [3.8, 4) is 5.75 Å². The van der Waals surface area contributed by atoms with E-state index in [9.17, 15) is 0 Å². The van der Waals surface area contributed by atoms with Crippen LogP contribution in [-0.4, -0.2) is 24.9 Å². The number of benzene rings is 1. The zero-order valence-electron chi connectivity index (χ0n) is 9.61. The van der Waals surface area contributed by atoms with Crippen molar-refractivity contribution in [2.24, 2.45) is 5.73 Å². The third kappa shape index (κ3) is 2.88. The van der Waals surface area contributed by atoms with Gasteiger partial charge in [0.15, 0.2) is 0 Å². The second kappa shape index (κ2) is 6.09. The summed E-state index contributed by atoms with van der Waals surface area (Å²) in [6.07, 6.45) is 0.581. The highest BCUT2D eigenvalue weighted by molar-refractivity contribution is 6.31. The van der Waals surface area contributed by atoms with Crippen molar-refractivity contribution in [1.29, 1.82) is 0 Å². The number of hydrogen-bond acceptors (Lipinski definition) is 3. The molecule has 0 amide bonds. The van der Waals surface area contributed by atoms with E-state index < -0.39 is 0 Å². The van der Waals surface area contributed by atoms with Gasteiger partial charge in [-0.1, -0.05) is 17.7 Å². The van der Waals surface area contributed by atoms with Gasteiger partial charge in [-0.3, -0.25) is 0 Å². The van der Waals surface area contributed by atoms with Crippen LogP contribution in [0.2, 0.25) is 5.02 Å². The van der Waals surface area contributed by atoms with Crippen molar-refractivity contribution in [2.45, 2.75) is 25.3 Å². The minimum atomic E-state index is -0.0825. The number of nitrogens with two attached hydrogens (primary N) is 1. The van der Waals surface area contributed by atoms with Gasteiger partial charge in [-0.05, 0) is 25.5 Å². The molecule has 3 nitrogen and oxygen atoms in total. The average molecular weight is 244 g/mol. The molecule has 0 aromatic heterocycles. The zero-order valence-corrected chi connectivity index (χ0v) is 10.4. The average Bonchev–Trinajstić information content (AvgIpc) is 2.26. The SMILES string of the molecule is COc1cccc(Cl)c1C(CCO)C(C)N. The van der Waals surface area contributed by atoms with Gasteiger partial charge in [0.25, 0.3) is 0 Å². The van der Waals surface area contributed by atoms with E-state index in [4.69, 9.17) is 27.2 Å². The van der Waals surface area contributed by atoms with Crippen LogP contribution in [-0.2, 0) is 0 Å². The Morgan fingerprint density at radius 3 is 2.69 bits per heavy atom. The van der Waals surface area contributed by atoms with Gasteiger partial charge in [0, 0.05) is 29.2 Å². The van der Waals surface area contributed by atoms with E-state index in [1.807, 2.05) is 25.1 Å². The van der Waals surface area contributed by atoms with Gasteiger partial charge >= 0.3 is 0 Å². The Morgan fingerprint density at radius 2 is 2.19 bits per heavy atom. The van der Waals surface area contributed by atoms with Crippen molar-refractivity contribution in [1.82, 2.24) is 0 Å². The van der Waals surface area contributed by atoms with Gasteiger partial charge < -0.3 is 15.6 Å². The van der Waals surface area contributed by atoms with Gasteiger partial charge in [0.05, 0.1) is 7.11 Å². The first-order valence-corrected chi connectivity index (χ1v) is 5.68. The molecule has 0 radical (unpaired) electrons. The fourth-order valence-electron chi connectivity index (χ4n) is 1.86. The molecule has 0 spiro atoms. The smallest absolute Gasteiger partial charge is 0.123 e. The van der Waals surface area contributed by atoms with E-state index in [0.29, 0.717) is 11.4 Å². The Bertz CT molecular complexity index is 342. The number of ether oxygens (including phenoxy) is 1. The first-order valence-electron chi connectivity index (χ1n) is 5.30. The molecule has 3 N–H and O–H groups in total. The van der Waals surface area contributed by atoms with Gasteiger partial charge in [0.1, 0.15) is 5.75 Å². The van der Waals surface area contributed by atoms with Crippen molar-refractivity contribution < 1.29 is 9.84 Å². The van der Waals surface area contributed by atoms with Gasteiger partial charge in [-0.25, -0.2) is 0 Å². The van der Waals surface area contributed by atoms with Crippen LogP contribution in [0.25, 0.3) is 0 Å². The molecule has 1 aromatic rings. The zero-order chi connectivity index (χ0) is 12.1. The molecule has 0 aliphatic carbocycles. The van der Waals surface area contributed by atoms with Crippen LogP contribution in [0.3, 0.4) is 0 Å². The maximum absolute atomic E-state index is 9.06. The Morgan fingerprint density at radius 1 is 1.50 bits per heavy atom. The molecule has 16 heavy (non-hydrogen) atoms. The second-order valence-corrected chi connectivity index (χ2v) is 4.24. The monoisotopic (exact) mass is 243 g/mol. The van der Waals surface area contributed by atoms with Crippen LogP contribution in [0.15, 0.2) is 18.2 Å².